The lowest BCUT2D eigenvalue weighted by molar-refractivity contribution is 0.515. The lowest BCUT2D eigenvalue weighted by Crippen LogP contribution is -2.26. The summed E-state index contributed by atoms with van der Waals surface area (Å²) in [6, 6.07) is 6.30. The zero-order chi connectivity index (χ0) is 15.2. The number of nitrogens with zero attached hydrogens (tertiary/aromatic N) is 2. The second kappa shape index (κ2) is 7.18. The minimum atomic E-state index is 0.164. The van der Waals surface area contributed by atoms with E-state index in [0.717, 1.165) is 30.6 Å². The molecule has 0 aromatic carbocycles. The number of aromatic nitrogens is 2. The molecule has 0 aliphatic rings. The Bertz CT molecular complexity index is 595. The van der Waals surface area contributed by atoms with Gasteiger partial charge >= 0.3 is 0 Å². The topological polar surface area (TPSA) is 63.8 Å². The molecule has 0 saturated heterocycles. The number of nitrogens with one attached hydrogen (secondary N) is 1. The Morgan fingerprint density at radius 3 is 2.76 bits per heavy atom. The van der Waals surface area contributed by atoms with Crippen LogP contribution in [0.25, 0.3) is 0 Å². The Labute approximate surface area is 126 Å². The first-order chi connectivity index (χ1) is 10.1. The Hall–Kier alpha value is -1.94. The minimum Gasteiger partial charge on any atom is -0.383 e. The van der Waals surface area contributed by atoms with Gasteiger partial charge in [-0.25, -0.2) is 4.98 Å². The summed E-state index contributed by atoms with van der Waals surface area (Å²) in [5.74, 6) is 0.602. The molecule has 0 spiro atoms. The predicted molar refractivity (Wildman–Crippen MR) is 87.1 cm³/mol. The van der Waals surface area contributed by atoms with Gasteiger partial charge in [-0.15, -0.1) is 0 Å². The zero-order valence-electron chi connectivity index (χ0n) is 13.1. The van der Waals surface area contributed by atoms with Crippen molar-refractivity contribution in [1.29, 1.82) is 0 Å². The summed E-state index contributed by atoms with van der Waals surface area (Å²) in [6.07, 6.45) is 5.54. The van der Waals surface area contributed by atoms with Gasteiger partial charge in [0.25, 0.3) is 0 Å². The van der Waals surface area contributed by atoms with Crippen LogP contribution in [-0.4, -0.2) is 16.5 Å². The van der Waals surface area contributed by atoms with E-state index in [9.17, 15) is 0 Å². The number of aryl methyl sites for hydroxylation is 2. The quantitative estimate of drug-likeness (QED) is 0.856. The van der Waals surface area contributed by atoms with Gasteiger partial charge < -0.3 is 11.1 Å². The first kappa shape index (κ1) is 15.4. The fraction of sp³-hybridized carbons (Fsp3) is 0.412. The Balaban J connectivity index is 2.27. The van der Waals surface area contributed by atoms with Crippen LogP contribution >= 0.6 is 0 Å². The molecule has 2 aromatic rings. The number of anilines is 1. The van der Waals surface area contributed by atoms with E-state index in [1.54, 1.807) is 6.20 Å². The SMILES string of the molecule is CCCNC(Cc1cccnc1N)c1ncc(C)cc1C. The highest BCUT2D eigenvalue weighted by Gasteiger charge is 2.17. The smallest absolute Gasteiger partial charge is 0.126 e. The summed E-state index contributed by atoms with van der Waals surface area (Å²) in [6.45, 7) is 7.30. The average Bonchev–Trinajstić information content (AvgIpc) is 2.46. The monoisotopic (exact) mass is 284 g/mol. The number of hydrogen-bond donors (Lipinski definition) is 2. The van der Waals surface area contributed by atoms with E-state index in [4.69, 9.17) is 5.73 Å². The summed E-state index contributed by atoms with van der Waals surface area (Å²) in [7, 11) is 0. The highest BCUT2D eigenvalue weighted by atomic mass is 14.9. The minimum absolute atomic E-state index is 0.164. The second-order valence-corrected chi connectivity index (χ2v) is 5.47. The lowest BCUT2D eigenvalue weighted by Gasteiger charge is -2.20. The second-order valence-electron chi connectivity index (χ2n) is 5.47. The maximum Gasteiger partial charge on any atom is 0.126 e. The van der Waals surface area contributed by atoms with Crippen molar-refractivity contribution < 1.29 is 0 Å². The fourth-order valence-corrected chi connectivity index (χ4v) is 2.52. The number of hydrogen-bond acceptors (Lipinski definition) is 4. The third-order valence-corrected chi connectivity index (χ3v) is 3.58. The molecule has 2 rings (SSSR count). The molecule has 4 heteroatoms. The van der Waals surface area contributed by atoms with Crippen molar-refractivity contribution in [2.75, 3.05) is 12.3 Å². The number of rotatable bonds is 6. The van der Waals surface area contributed by atoms with Crippen molar-refractivity contribution in [2.45, 2.75) is 39.7 Å². The van der Waals surface area contributed by atoms with Crippen LogP contribution in [0.2, 0.25) is 0 Å². The van der Waals surface area contributed by atoms with Crippen molar-refractivity contribution in [2.24, 2.45) is 0 Å². The van der Waals surface area contributed by atoms with E-state index < -0.39 is 0 Å². The van der Waals surface area contributed by atoms with E-state index >= 15 is 0 Å². The standard InChI is InChI=1S/C17H24N4/c1-4-7-19-15(10-14-6-5-8-20-17(14)18)16-13(3)9-12(2)11-21-16/h5-6,8-9,11,15,19H,4,7,10H2,1-3H3,(H2,18,20). The van der Waals surface area contributed by atoms with Gasteiger partial charge in [0.1, 0.15) is 5.82 Å². The molecule has 1 unspecified atom stereocenters. The van der Waals surface area contributed by atoms with Crippen LogP contribution in [0.3, 0.4) is 0 Å². The molecule has 0 fully saturated rings. The molecule has 1 atom stereocenters. The summed E-state index contributed by atoms with van der Waals surface area (Å²) < 4.78 is 0. The Morgan fingerprint density at radius 1 is 1.29 bits per heavy atom. The fourth-order valence-electron chi connectivity index (χ4n) is 2.52. The zero-order valence-corrected chi connectivity index (χ0v) is 13.1. The van der Waals surface area contributed by atoms with Gasteiger partial charge in [0, 0.05) is 12.4 Å². The first-order valence-corrected chi connectivity index (χ1v) is 7.47. The van der Waals surface area contributed by atoms with Crippen molar-refractivity contribution in [3.05, 3.63) is 53.0 Å². The summed E-state index contributed by atoms with van der Waals surface area (Å²) in [4.78, 5) is 8.81. The Morgan fingerprint density at radius 2 is 2.10 bits per heavy atom. The average molecular weight is 284 g/mol. The molecule has 0 amide bonds. The maximum atomic E-state index is 5.98. The molecular weight excluding hydrogens is 260 g/mol. The molecule has 21 heavy (non-hydrogen) atoms. The normalized spacial score (nSPS) is 12.3. The van der Waals surface area contributed by atoms with E-state index in [1.807, 2.05) is 18.3 Å². The van der Waals surface area contributed by atoms with E-state index in [2.05, 4.69) is 42.1 Å². The van der Waals surface area contributed by atoms with Gasteiger partial charge in [0.2, 0.25) is 0 Å². The van der Waals surface area contributed by atoms with Crippen LogP contribution < -0.4 is 11.1 Å². The van der Waals surface area contributed by atoms with Gasteiger partial charge in [-0.1, -0.05) is 19.1 Å². The third kappa shape index (κ3) is 4.02. The molecule has 2 aromatic heterocycles. The van der Waals surface area contributed by atoms with Crippen LogP contribution in [0.5, 0.6) is 0 Å². The number of nitrogen functional groups attached to an aromatic ring is 1. The maximum absolute atomic E-state index is 5.98. The highest BCUT2D eigenvalue weighted by molar-refractivity contribution is 5.40. The third-order valence-electron chi connectivity index (χ3n) is 3.58. The van der Waals surface area contributed by atoms with Crippen LogP contribution in [0, 0.1) is 13.8 Å². The van der Waals surface area contributed by atoms with E-state index in [0.29, 0.717) is 5.82 Å². The van der Waals surface area contributed by atoms with E-state index in [1.165, 1.54) is 11.1 Å². The van der Waals surface area contributed by atoms with Crippen molar-refractivity contribution in [3.8, 4) is 0 Å². The van der Waals surface area contributed by atoms with Gasteiger partial charge in [-0.2, -0.15) is 0 Å². The molecular formula is C17H24N4. The molecule has 0 saturated carbocycles. The molecule has 0 radical (unpaired) electrons. The first-order valence-electron chi connectivity index (χ1n) is 7.47. The van der Waals surface area contributed by atoms with Crippen LogP contribution in [0.4, 0.5) is 5.82 Å². The molecule has 0 aliphatic carbocycles. The van der Waals surface area contributed by atoms with Gasteiger partial charge in [-0.3, -0.25) is 4.98 Å². The summed E-state index contributed by atoms with van der Waals surface area (Å²) in [5, 5.41) is 3.58. The highest BCUT2D eigenvalue weighted by Crippen LogP contribution is 2.22. The predicted octanol–water partition coefficient (Wildman–Crippen LogP) is 2.96. The van der Waals surface area contributed by atoms with Crippen LogP contribution in [-0.2, 0) is 6.42 Å². The van der Waals surface area contributed by atoms with Crippen molar-refractivity contribution >= 4 is 5.82 Å². The van der Waals surface area contributed by atoms with Crippen LogP contribution in [0.15, 0.2) is 30.6 Å². The Kier molecular flexibility index (Phi) is 5.28. The van der Waals surface area contributed by atoms with E-state index in [-0.39, 0.29) is 6.04 Å². The largest absolute Gasteiger partial charge is 0.383 e. The van der Waals surface area contributed by atoms with Gasteiger partial charge in [0.15, 0.2) is 0 Å². The van der Waals surface area contributed by atoms with Crippen molar-refractivity contribution in [3.63, 3.8) is 0 Å². The number of nitrogens with two attached hydrogens (primary N) is 1. The lowest BCUT2D eigenvalue weighted by atomic mass is 9.99. The van der Waals surface area contributed by atoms with Gasteiger partial charge in [-0.05, 0) is 56.0 Å². The summed E-state index contributed by atoms with van der Waals surface area (Å²) >= 11 is 0. The molecule has 0 bridgehead atoms. The van der Waals surface area contributed by atoms with Crippen molar-refractivity contribution in [1.82, 2.24) is 15.3 Å². The molecule has 0 aliphatic heterocycles. The molecule has 112 valence electrons. The summed E-state index contributed by atoms with van der Waals surface area (Å²) in [5.41, 5.74) is 10.5. The molecule has 3 N–H and O–H groups in total. The molecule has 4 nitrogen and oxygen atoms in total. The molecule has 2 heterocycles. The van der Waals surface area contributed by atoms with Crippen LogP contribution in [0.1, 0.15) is 41.8 Å². The number of pyridine rings is 2. The van der Waals surface area contributed by atoms with Gasteiger partial charge in [0.05, 0.1) is 11.7 Å².